The highest BCUT2D eigenvalue weighted by molar-refractivity contribution is 7.98. The van der Waals surface area contributed by atoms with Gasteiger partial charge in [-0.15, -0.1) is 10.2 Å². The lowest BCUT2D eigenvalue weighted by molar-refractivity contribution is 0.886. The van der Waals surface area contributed by atoms with Gasteiger partial charge in [0.2, 0.25) is 0 Å². The fourth-order valence-corrected chi connectivity index (χ4v) is 4.17. The Bertz CT molecular complexity index is 1090. The molecule has 4 aromatic rings. The number of hydrogen-bond acceptors (Lipinski definition) is 3. The summed E-state index contributed by atoms with van der Waals surface area (Å²) in [6.07, 6.45) is 0. The van der Waals surface area contributed by atoms with Gasteiger partial charge in [0.25, 0.3) is 0 Å². The second kappa shape index (κ2) is 8.39. The molecule has 0 saturated carbocycles. The normalized spacial score (nSPS) is 11.0. The van der Waals surface area contributed by atoms with Gasteiger partial charge >= 0.3 is 0 Å². The van der Waals surface area contributed by atoms with Crippen LogP contribution in [0.15, 0.2) is 78.0 Å². The number of benzene rings is 3. The molecule has 0 unspecified atom stereocenters. The summed E-state index contributed by atoms with van der Waals surface area (Å²) in [7, 11) is 0. The minimum atomic E-state index is 0.690. The highest BCUT2D eigenvalue weighted by atomic mass is 35.5. The topological polar surface area (TPSA) is 30.7 Å². The largest absolute Gasteiger partial charge is 0.270 e. The van der Waals surface area contributed by atoms with Crippen molar-refractivity contribution in [3.8, 4) is 17.1 Å². The molecule has 0 aliphatic rings. The summed E-state index contributed by atoms with van der Waals surface area (Å²) in [6, 6.07) is 23.7. The predicted molar refractivity (Wildman–Crippen MR) is 118 cm³/mol. The van der Waals surface area contributed by atoms with Crippen molar-refractivity contribution in [2.45, 2.75) is 17.8 Å². The molecule has 0 aliphatic carbocycles. The van der Waals surface area contributed by atoms with Crippen LogP contribution in [0.5, 0.6) is 0 Å². The molecule has 0 N–H and O–H groups in total. The van der Waals surface area contributed by atoms with E-state index in [0.717, 1.165) is 28.0 Å². The van der Waals surface area contributed by atoms with E-state index in [1.165, 1.54) is 11.1 Å². The summed E-state index contributed by atoms with van der Waals surface area (Å²) in [6.45, 7) is 2.12. The van der Waals surface area contributed by atoms with Crippen LogP contribution in [0.2, 0.25) is 10.0 Å². The van der Waals surface area contributed by atoms with Crippen molar-refractivity contribution in [1.29, 1.82) is 0 Å². The van der Waals surface area contributed by atoms with Gasteiger partial charge in [0.05, 0.1) is 0 Å². The number of thioether (sulfide) groups is 1. The third-order valence-electron chi connectivity index (χ3n) is 4.44. The maximum Gasteiger partial charge on any atom is 0.196 e. The van der Waals surface area contributed by atoms with Gasteiger partial charge in [0, 0.05) is 27.0 Å². The summed E-state index contributed by atoms with van der Waals surface area (Å²) in [4.78, 5) is 0. The van der Waals surface area contributed by atoms with Gasteiger partial charge < -0.3 is 0 Å². The Morgan fingerprint density at radius 3 is 2.14 bits per heavy atom. The van der Waals surface area contributed by atoms with Gasteiger partial charge in [-0.3, -0.25) is 4.57 Å². The Morgan fingerprint density at radius 2 is 1.46 bits per heavy atom. The van der Waals surface area contributed by atoms with E-state index in [1.54, 1.807) is 11.8 Å². The molecule has 0 bridgehead atoms. The fourth-order valence-electron chi connectivity index (χ4n) is 2.89. The van der Waals surface area contributed by atoms with E-state index in [0.29, 0.717) is 10.0 Å². The summed E-state index contributed by atoms with van der Waals surface area (Å²) in [5.41, 5.74) is 4.47. The summed E-state index contributed by atoms with van der Waals surface area (Å²) < 4.78 is 2.06. The summed E-state index contributed by atoms with van der Waals surface area (Å²) >= 11 is 13.8. The van der Waals surface area contributed by atoms with Crippen LogP contribution >= 0.6 is 35.0 Å². The number of halogens is 2. The van der Waals surface area contributed by atoms with E-state index in [-0.39, 0.29) is 0 Å². The molecule has 6 heteroatoms. The van der Waals surface area contributed by atoms with Crippen molar-refractivity contribution in [3.05, 3.63) is 94.0 Å². The SMILES string of the molecule is Cc1ccccc1CSc1nnc(-c2ccc(Cl)cc2)n1-c1ccc(Cl)cc1. The van der Waals surface area contributed by atoms with E-state index < -0.39 is 0 Å². The van der Waals surface area contributed by atoms with Crippen molar-refractivity contribution >= 4 is 35.0 Å². The lowest BCUT2D eigenvalue weighted by Crippen LogP contribution is -2.00. The molecule has 0 fully saturated rings. The van der Waals surface area contributed by atoms with Crippen LogP contribution in [0.1, 0.15) is 11.1 Å². The predicted octanol–water partition coefficient (Wildman–Crippen LogP) is 6.84. The number of nitrogens with zero attached hydrogens (tertiary/aromatic N) is 3. The maximum absolute atomic E-state index is 6.09. The first-order chi connectivity index (χ1) is 13.6. The smallest absolute Gasteiger partial charge is 0.196 e. The zero-order valence-electron chi connectivity index (χ0n) is 15.1. The van der Waals surface area contributed by atoms with Crippen LogP contribution in [0.3, 0.4) is 0 Å². The van der Waals surface area contributed by atoms with Crippen molar-refractivity contribution in [3.63, 3.8) is 0 Å². The van der Waals surface area contributed by atoms with Crippen LogP contribution < -0.4 is 0 Å². The molecule has 0 atom stereocenters. The molecule has 0 spiro atoms. The molecule has 0 amide bonds. The molecule has 4 rings (SSSR count). The first-order valence-electron chi connectivity index (χ1n) is 8.76. The van der Waals surface area contributed by atoms with E-state index in [9.17, 15) is 0 Å². The van der Waals surface area contributed by atoms with Crippen molar-refractivity contribution < 1.29 is 0 Å². The van der Waals surface area contributed by atoms with E-state index in [4.69, 9.17) is 23.2 Å². The molecule has 28 heavy (non-hydrogen) atoms. The Hall–Kier alpha value is -2.27. The molecular formula is C22H17Cl2N3S. The fraction of sp³-hybridized carbons (Fsp3) is 0.0909. The molecule has 0 saturated heterocycles. The number of aryl methyl sites for hydroxylation is 1. The molecule has 0 aliphatic heterocycles. The quantitative estimate of drug-likeness (QED) is 0.327. The van der Waals surface area contributed by atoms with Gasteiger partial charge in [-0.1, -0.05) is 59.2 Å². The minimum absolute atomic E-state index is 0.690. The Morgan fingerprint density at radius 1 is 0.821 bits per heavy atom. The number of aromatic nitrogens is 3. The van der Waals surface area contributed by atoms with Crippen molar-refractivity contribution in [1.82, 2.24) is 14.8 Å². The molecule has 1 heterocycles. The molecule has 3 aromatic carbocycles. The highest BCUT2D eigenvalue weighted by Crippen LogP contribution is 2.31. The van der Waals surface area contributed by atoms with Crippen LogP contribution in [0, 0.1) is 6.92 Å². The molecular weight excluding hydrogens is 409 g/mol. The van der Waals surface area contributed by atoms with E-state index in [1.807, 2.05) is 48.5 Å². The Balaban J connectivity index is 1.74. The standard InChI is InChI=1S/C22H17Cl2N3S/c1-15-4-2-3-5-17(15)14-28-22-26-25-21(16-6-8-18(23)9-7-16)27(22)20-12-10-19(24)11-13-20/h2-13H,14H2,1H3. The highest BCUT2D eigenvalue weighted by Gasteiger charge is 2.16. The molecule has 0 radical (unpaired) electrons. The first-order valence-corrected chi connectivity index (χ1v) is 10.5. The lowest BCUT2D eigenvalue weighted by atomic mass is 10.1. The monoisotopic (exact) mass is 425 g/mol. The average molecular weight is 426 g/mol. The van der Waals surface area contributed by atoms with Gasteiger partial charge in [0.1, 0.15) is 0 Å². The average Bonchev–Trinajstić information content (AvgIpc) is 3.12. The summed E-state index contributed by atoms with van der Waals surface area (Å²) in [5.74, 6) is 1.59. The lowest BCUT2D eigenvalue weighted by Gasteiger charge is -2.11. The molecule has 140 valence electrons. The van der Waals surface area contributed by atoms with Gasteiger partial charge in [-0.25, -0.2) is 0 Å². The van der Waals surface area contributed by atoms with E-state index in [2.05, 4.69) is 46.0 Å². The van der Waals surface area contributed by atoms with E-state index >= 15 is 0 Å². The first kappa shape index (κ1) is 19.1. The van der Waals surface area contributed by atoms with Crippen LogP contribution in [-0.2, 0) is 5.75 Å². The molecule has 1 aromatic heterocycles. The van der Waals surface area contributed by atoms with Crippen molar-refractivity contribution in [2.75, 3.05) is 0 Å². The Labute approximate surface area is 178 Å². The second-order valence-corrected chi connectivity index (χ2v) is 8.16. The van der Waals surface area contributed by atoms with Crippen LogP contribution in [0.25, 0.3) is 17.1 Å². The number of hydrogen-bond donors (Lipinski definition) is 0. The third kappa shape index (κ3) is 4.09. The number of rotatable bonds is 5. The second-order valence-electron chi connectivity index (χ2n) is 6.34. The van der Waals surface area contributed by atoms with Crippen LogP contribution in [0.4, 0.5) is 0 Å². The van der Waals surface area contributed by atoms with Gasteiger partial charge in [0.15, 0.2) is 11.0 Å². The van der Waals surface area contributed by atoms with Gasteiger partial charge in [-0.2, -0.15) is 0 Å². The van der Waals surface area contributed by atoms with Crippen molar-refractivity contribution in [2.24, 2.45) is 0 Å². The Kier molecular flexibility index (Phi) is 5.72. The summed E-state index contributed by atoms with van der Waals surface area (Å²) in [5, 5.41) is 11.1. The molecule has 3 nitrogen and oxygen atoms in total. The van der Waals surface area contributed by atoms with Crippen LogP contribution in [-0.4, -0.2) is 14.8 Å². The van der Waals surface area contributed by atoms with Gasteiger partial charge in [-0.05, 0) is 66.6 Å². The zero-order chi connectivity index (χ0) is 19.5. The maximum atomic E-state index is 6.09. The third-order valence-corrected chi connectivity index (χ3v) is 5.92. The zero-order valence-corrected chi connectivity index (χ0v) is 17.5. The minimum Gasteiger partial charge on any atom is -0.270 e.